The molecular formula is C17H18N6O6S3. The number of nitrogens with zero attached hydrogens (tertiary/aromatic N) is 1. The molecular weight excluding hydrogens is 480 g/mol. The van der Waals surface area contributed by atoms with Crippen LogP contribution in [0.15, 0.2) is 48.5 Å². The smallest absolute Gasteiger partial charge is 0.292 e. The Kier molecular flexibility index (Phi) is 9.80. The van der Waals surface area contributed by atoms with Crippen LogP contribution in [-0.2, 0) is 20.9 Å². The van der Waals surface area contributed by atoms with Crippen LogP contribution in [0, 0.1) is 10.1 Å². The number of nitro benzene ring substituents is 1. The third kappa shape index (κ3) is 8.84. The number of nitrogens with one attached hydrogen (secondary N) is 5. The lowest BCUT2D eigenvalue weighted by Gasteiger charge is -2.11. The van der Waals surface area contributed by atoms with Crippen LogP contribution in [0.3, 0.4) is 0 Å². The van der Waals surface area contributed by atoms with Crippen molar-refractivity contribution in [1.82, 2.24) is 10.9 Å². The van der Waals surface area contributed by atoms with E-state index in [2.05, 4.69) is 26.2 Å². The monoisotopic (exact) mass is 498 g/mol. The van der Waals surface area contributed by atoms with E-state index in [1.165, 1.54) is 30.3 Å². The largest absolute Gasteiger partial charge is 0.326 e. The van der Waals surface area contributed by atoms with Crippen LogP contribution < -0.4 is 26.2 Å². The molecule has 2 amide bonds. The molecule has 2 rings (SSSR count). The van der Waals surface area contributed by atoms with Crippen molar-refractivity contribution in [1.29, 1.82) is 0 Å². The molecule has 0 bridgehead atoms. The van der Waals surface area contributed by atoms with Gasteiger partial charge >= 0.3 is 0 Å². The fourth-order valence-electron chi connectivity index (χ4n) is 2.21. The number of para-hydroxylation sites is 2. The number of benzene rings is 2. The number of nitro groups is 1. The van der Waals surface area contributed by atoms with Gasteiger partial charge in [-0.25, -0.2) is 4.21 Å². The van der Waals surface area contributed by atoms with Gasteiger partial charge in [-0.2, -0.15) is 0 Å². The summed E-state index contributed by atoms with van der Waals surface area (Å²) in [6.45, 7) is 0. The van der Waals surface area contributed by atoms with E-state index < -0.39 is 22.1 Å². The molecule has 1 atom stereocenters. The fourth-order valence-corrected chi connectivity index (χ4v) is 3.33. The quantitative estimate of drug-likeness (QED) is 0.129. The molecule has 0 saturated heterocycles. The van der Waals surface area contributed by atoms with Crippen LogP contribution in [0.1, 0.15) is 0 Å². The molecule has 0 radical (unpaired) electrons. The van der Waals surface area contributed by atoms with Crippen molar-refractivity contribution in [2.24, 2.45) is 0 Å². The molecule has 1 unspecified atom stereocenters. The van der Waals surface area contributed by atoms with E-state index in [1.54, 1.807) is 18.2 Å². The van der Waals surface area contributed by atoms with Gasteiger partial charge in [0.1, 0.15) is 5.69 Å². The summed E-state index contributed by atoms with van der Waals surface area (Å²) < 4.78 is 21.7. The Labute approximate surface area is 194 Å². The molecule has 170 valence electrons. The van der Waals surface area contributed by atoms with Gasteiger partial charge in [-0.15, -0.1) is 11.8 Å². The third-order valence-corrected chi connectivity index (χ3v) is 5.05. The number of hydrazine groups is 1. The van der Waals surface area contributed by atoms with Gasteiger partial charge in [0.15, 0.2) is 5.11 Å². The first kappa shape index (κ1) is 25.0. The molecule has 32 heavy (non-hydrogen) atoms. The zero-order valence-electron chi connectivity index (χ0n) is 16.2. The van der Waals surface area contributed by atoms with Gasteiger partial charge in [-0.3, -0.25) is 39.8 Å². The van der Waals surface area contributed by atoms with Gasteiger partial charge in [-0.1, -0.05) is 12.1 Å². The lowest BCUT2D eigenvalue weighted by atomic mass is 10.3. The van der Waals surface area contributed by atoms with Crippen molar-refractivity contribution in [2.75, 3.05) is 26.9 Å². The highest BCUT2D eigenvalue weighted by atomic mass is 32.2. The number of hydrogen-bond donors (Lipinski definition) is 6. The first-order valence-corrected chi connectivity index (χ1v) is 11.4. The Bertz CT molecular complexity index is 1020. The topological polar surface area (TPSA) is 175 Å². The van der Waals surface area contributed by atoms with Gasteiger partial charge < -0.3 is 10.6 Å². The fraction of sp³-hybridized carbons (Fsp3) is 0.118. The minimum absolute atomic E-state index is 0.00693. The average Bonchev–Trinajstić information content (AvgIpc) is 2.73. The first-order chi connectivity index (χ1) is 15.2. The summed E-state index contributed by atoms with van der Waals surface area (Å²) in [5.41, 5.74) is 5.67. The van der Waals surface area contributed by atoms with E-state index >= 15 is 0 Å². The molecule has 12 nitrogen and oxygen atoms in total. The Morgan fingerprint density at radius 3 is 2.28 bits per heavy atom. The van der Waals surface area contributed by atoms with Crippen LogP contribution in [0.2, 0.25) is 0 Å². The maximum absolute atomic E-state index is 11.9. The average molecular weight is 499 g/mol. The van der Waals surface area contributed by atoms with Crippen molar-refractivity contribution < 1.29 is 23.3 Å². The zero-order chi connectivity index (χ0) is 23.5. The van der Waals surface area contributed by atoms with E-state index in [1.807, 2.05) is 0 Å². The summed E-state index contributed by atoms with van der Waals surface area (Å²) in [5.74, 6) is -0.829. The number of carbonyl (C=O) groups is 2. The van der Waals surface area contributed by atoms with Gasteiger partial charge in [0.2, 0.25) is 11.8 Å². The van der Waals surface area contributed by atoms with E-state index in [0.717, 1.165) is 11.8 Å². The van der Waals surface area contributed by atoms with Gasteiger partial charge in [0, 0.05) is 17.4 Å². The molecule has 0 heterocycles. The number of hydrogen-bond acceptors (Lipinski definition) is 7. The number of thioether (sulfide) groups is 1. The molecule has 0 aliphatic heterocycles. The number of amides is 2. The molecule has 0 aliphatic rings. The van der Waals surface area contributed by atoms with Crippen LogP contribution >= 0.6 is 24.0 Å². The highest BCUT2D eigenvalue weighted by Gasteiger charge is 2.13. The maximum Gasteiger partial charge on any atom is 0.292 e. The SMILES string of the molecule is O=C(CSCC(=O)Nc1ccc(NS(=O)O)cc1)NNC(=S)Nc1ccccc1[N+](=O)[O-]. The van der Waals surface area contributed by atoms with Crippen molar-refractivity contribution in [3.63, 3.8) is 0 Å². The second-order valence-corrected chi connectivity index (χ2v) is 7.97. The molecule has 6 N–H and O–H groups in total. The standard InChI is InChI=1S/C17H18N6O6S3/c24-15(18-11-5-7-12(8-6-11)22-32(28)29)9-31-10-16(25)20-21-17(30)19-13-3-1-2-4-14(13)23(26)27/h1-8,22H,9-10H2,(H,18,24)(H,20,25)(H,28,29)(H2,19,21,30). The number of carbonyl (C=O) groups excluding carboxylic acids is 2. The van der Waals surface area contributed by atoms with E-state index in [4.69, 9.17) is 16.8 Å². The number of rotatable bonds is 9. The molecule has 0 aliphatic carbocycles. The highest BCUT2D eigenvalue weighted by molar-refractivity contribution is 8.00. The van der Waals surface area contributed by atoms with Crippen molar-refractivity contribution in [2.45, 2.75) is 0 Å². The first-order valence-electron chi connectivity index (χ1n) is 8.69. The third-order valence-electron chi connectivity index (χ3n) is 3.50. The summed E-state index contributed by atoms with van der Waals surface area (Å²) in [5, 5.41) is 16.2. The van der Waals surface area contributed by atoms with Gasteiger partial charge in [0.05, 0.1) is 16.4 Å². The zero-order valence-corrected chi connectivity index (χ0v) is 18.6. The summed E-state index contributed by atoms with van der Waals surface area (Å²) in [7, 11) is 0. The van der Waals surface area contributed by atoms with E-state index in [-0.39, 0.29) is 33.9 Å². The Balaban J connectivity index is 1.67. The minimum atomic E-state index is -2.18. The summed E-state index contributed by atoms with van der Waals surface area (Å²) >= 11 is 3.87. The van der Waals surface area contributed by atoms with Gasteiger partial charge in [-0.05, 0) is 42.5 Å². The second kappa shape index (κ2) is 12.6. The predicted molar refractivity (Wildman–Crippen MR) is 127 cm³/mol. The highest BCUT2D eigenvalue weighted by Crippen LogP contribution is 2.22. The van der Waals surface area contributed by atoms with Crippen molar-refractivity contribution in [3.8, 4) is 0 Å². The summed E-state index contributed by atoms with van der Waals surface area (Å²) in [6, 6.07) is 12.1. The molecule has 0 spiro atoms. The van der Waals surface area contributed by atoms with Gasteiger partial charge in [0.25, 0.3) is 17.0 Å². The van der Waals surface area contributed by atoms with Crippen molar-refractivity contribution in [3.05, 3.63) is 58.6 Å². The van der Waals surface area contributed by atoms with Crippen LogP contribution in [0.5, 0.6) is 0 Å². The van der Waals surface area contributed by atoms with Crippen LogP contribution in [0.4, 0.5) is 22.7 Å². The Morgan fingerprint density at radius 1 is 1.00 bits per heavy atom. The predicted octanol–water partition coefficient (Wildman–Crippen LogP) is 1.83. The summed E-state index contributed by atoms with van der Waals surface area (Å²) in [4.78, 5) is 34.2. The van der Waals surface area contributed by atoms with Crippen molar-refractivity contribution >= 4 is 74.9 Å². The second-order valence-electron chi connectivity index (χ2n) is 5.87. The lowest BCUT2D eigenvalue weighted by Crippen LogP contribution is -2.44. The van der Waals surface area contributed by atoms with E-state index in [0.29, 0.717) is 11.4 Å². The number of thiocarbonyl (C=S) groups is 1. The molecule has 0 fully saturated rings. The Morgan fingerprint density at radius 2 is 1.62 bits per heavy atom. The van der Waals surface area contributed by atoms with Crippen LogP contribution in [-0.4, -0.2) is 42.1 Å². The van der Waals surface area contributed by atoms with Crippen LogP contribution in [0.25, 0.3) is 0 Å². The number of anilines is 3. The molecule has 0 aromatic heterocycles. The normalized spacial score (nSPS) is 11.0. The molecule has 2 aromatic rings. The molecule has 15 heteroatoms. The molecule has 0 saturated carbocycles. The minimum Gasteiger partial charge on any atom is -0.326 e. The lowest BCUT2D eigenvalue weighted by molar-refractivity contribution is -0.383. The van der Waals surface area contributed by atoms with E-state index in [9.17, 15) is 23.9 Å². The maximum atomic E-state index is 11.9. The molecule has 2 aromatic carbocycles. The summed E-state index contributed by atoms with van der Waals surface area (Å²) in [6.07, 6.45) is 0. The Hall–Kier alpha value is -3.27.